The molecule has 1 saturated heterocycles. The number of carbonyl (C=O) groups is 1. The van der Waals surface area contributed by atoms with Gasteiger partial charge >= 0.3 is 0 Å². The molecule has 3 nitrogen and oxygen atoms in total. The fraction of sp³-hybridized carbons (Fsp3) is 0.750. The van der Waals surface area contributed by atoms with E-state index in [2.05, 4.69) is 10.6 Å². The lowest BCUT2D eigenvalue weighted by Crippen LogP contribution is -2.58. The molecule has 0 atom stereocenters. The van der Waals surface area contributed by atoms with E-state index in [4.69, 9.17) is 12.2 Å². The second kappa shape index (κ2) is 3.39. The molecule has 1 aliphatic heterocycles. The van der Waals surface area contributed by atoms with Crippen LogP contribution in [-0.4, -0.2) is 17.6 Å². The molecule has 0 aromatic rings. The molecule has 0 aliphatic carbocycles. The van der Waals surface area contributed by atoms with Crippen LogP contribution in [0.15, 0.2) is 0 Å². The maximum absolute atomic E-state index is 11.6. The zero-order valence-corrected chi connectivity index (χ0v) is 8.25. The highest BCUT2D eigenvalue weighted by Crippen LogP contribution is 2.27. The molecule has 0 aromatic carbocycles. The Balaban J connectivity index is 2.77. The smallest absolute Gasteiger partial charge is 0.234 e. The van der Waals surface area contributed by atoms with Crippen molar-refractivity contribution in [1.82, 2.24) is 10.6 Å². The van der Waals surface area contributed by atoms with Gasteiger partial charge < -0.3 is 10.6 Å². The summed E-state index contributed by atoms with van der Waals surface area (Å²) < 4.78 is 0. The van der Waals surface area contributed by atoms with Crippen LogP contribution in [0.25, 0.3) is 0 Å². The van der Waals surface area contributed by atoms with E-state index >= 15 is 0 Å². The average molecular weight is 186 g/mol. The summed E-state index contributed by atoms with van der Waals surface area (Å²) in [6, 6.07) is 0. The maximum atomic E-state index is 11.6. The Morgan fingerprint density at radius 1 is 1.50 bits per heavy atom. The molecule has 0 aromatic heterocycles. The van der Waals surface area contributed by atoms with Crippen LogP contribution >= 0.6 is 12.2 Å². The standard InChI is InChI=1S/C8H14N2OS/c1-3-8(4-2)5-9-7(12)10-6(8)11/h3-5H2,1-2H3,(H2,9,10,11,12). The maximum Gasteiger partial charge on any atom is 0.234 e. The number of hydrogen-bond acceptors (Lipinski definition) is 2. The van der Waals surface area contributed by atoms with Crippen molar-refractivity contribution in [1.29, 1.82) is 0 Å². The van der Waals surface area contributed by atoms with Crippen LogP contribution in [-0.2, 0) is 4.79 Å². The van der Waals surface area contributed by atoms with Gasteiger partial charge in [-0.15, -0.1) is 0 Å². The molecule has 0 spiro atoms. The van der Waals surface area contributed by atoms with Gasteiger partial charge in [-0.25, -0.2) is 0 Å². The van der Waals surface area contributed by atoms with E-state index in [1.165, 1.54) is 0 Å². The lowest BCUT2D eigenvalue weighted by molar-refractivity contribution is -0.130. The minimum Gasteiger partial charge on any atom is -0.361 e. The van der Waals surface area contributed by atoms with E-state index in [-0.39, 0.29) is 11.3 Å². The normalized spacial score (nSPS) is 21.5. The van der Waals surface area contributed by atoms with Crippen molar-refractivity contribution in [2.24, 2.45) is 5.41 Å². The fourth-order valence-corrected chi connectivity index (χ4v) is 1.60. The summed E-state index contributed by atoms with van der Waals surface area (Å²) in [5, 5.41) is 6.11. The molecule has 1 heterocycles. The van der Waals surface area contributed by atoms with Crippen LogP contribution in [0.5, 0.6) is 0 Å². The van der Waals surface area contributed by atoms with Crippen molar-refractivity contribution < 1.29 is 4.79 Å². The summed E-state index contributed by atoms with van der Waals surface area (Å²) in [6.45, 7) is 4.73. The minimum absolute atomic E-state index is 0.0660. The predicted molar refractivity (Wildman–Crippen MR) is 51.8 cm³/mol. The van der Waals surface area contributed by atoms with Crippen LogP contribution in [0.4, 0.5) is 0 Å². The third kappa shape index (κ3) is 1.43. The largest absolute Gasteiger partial charge is 0.361 e. The fourth-order valence-electron chi connectivity index (χ4n) is 1.43. The van der Waals surface area contributed by atoms with Crippen LogP contribution in [0.1, 0.15) is 26.7 Å². The second-order valence-electron chi connectivity index (χ2n) is 3.12. The molecule has 1 aliphatic rings. The molecule has 12 heavy (non-hydrogen) atoms. The van der Waals surface area contributed by atoms with Gasteiger partial charge in [0.05, 0.1) is 5.41 Å². The summed E-state index contributed by atoms with van der Waals surface area (Å²) in [4.78, 5) is 11.6. The molecular formula is C8H14N2OS. The van der Waals surface area contributed by atoms with Gasteiger partial charge in [0, 0.05) is 6.54 Å². The molecule has 2 N–H and O–H groups in total. The van der Waals surface area contributed by atoms with Crippen molar-refractivity contribution in [3.05, 3.63) is 0 Å². The summed E-state index contributed by atoms with van der Waals surface area (Å²) in [7, 11) is 0. The number of rotatable bonds is 2. The van der Waals surface area contributed by atoms with Gasteiger partial charge in [0.25, 0.3) is 0 Å². The van der Waals surface area contributed by atoms with Crippen LogP contribution in [0.2, 0.25) is 0 Å². The lowest BCUT2D eigenvalue weighted by Gasteiger charge is -2.35. The zero-order valence-electron chi connectivity index (χ0n) is 7.44. The van der Waals surface area contributed by atoms with E-state index in [9.17, 15) is 4.79 Å². The Morgan fingerprint density at radius 2 is 2.08 bits per heavy atom. The Hall–Kier alpha value is -0.640. The minimum atomic E-state index is -0.248. The molecule has 0 saturated carbocycles. The molecule has 68 valence electrons. The van der Waals surface area contributed by atoms with E-state index < -0.39 is 0 Å². The highest BCUT2D eigenvalue weighted by molar-refractivity contribution is 7.80. The Labute approximate surface area is 77.9 Å². The van der Waals surface area contributed by atoms with Crippen LogP contribution < -0.4 is 10.6 Å². The number of carbonyl (C=O) groups excluding carboxylic acids is 1. The molecule has 4 heteroatoms. The van der Waals surface area contributed by atoms with E-state index in [0.29, 0.717) is 11.7 Å². The van der Waals surface area contributed by atoms with Crippen molar-refractivity contribution in [2.45, 2.75) is 26.7 Å². The van der Waals surface area contributed by atoms with Gasteiger partial charge in [-0.2, -0.15) is 0 Å². The average Bonchev–Trinajstić information content (AvgIpc) is 2.06. The van der Waals surface area contributed by atoms with E-state index in [1.807, 2.05) is 13.8 Å². The molecule has 0 bridgehead atoms. The number of amides is 1. The Kier molecular flexibility index (Phi) is 2.67. The van der Waals surface area contributed by atoms with Crippen molar-refractivity contribution >= 4 is 23.2 Å². The first-order valence-corrected chi connectivity index (χ1v) is 4.64. The molecule has 1 rings (SSSR count). The van der Waals surface area contributed by atoms with Crippen LogP contribution in [0.3, 0.4) is 0 Å². The van der Waals surface area contributed by atoms with Crippen molar-refractivity contribution in [3.8, 4) is 0 Å². The molecule has 1 fully saturated rings. The quantitative estimate of drug-likeness (QED) is 0.627. The van der Waals surface area contributed by atoms with Crippen molar-refractivity contribution in [2.75, 3.05) is 6.54 Å². The topological polar surface area (TPSA) is 41.1 Å². The summed E-state index contributed by atoms with van der Waals surface area (Å²) in [5.74, 6) is 0.0660. The Bertz CT molecular complexity index is 211. The summed E-state index contributed by atoms with van der Waals surface area (Å²) >= 11 is 4.84. The van der Waals surface area contributed by atoms with Gasteiger partial charge in [0.2, 0.25) is 5.91 Å². The van der Waals surface area contributed by atoms with Gasteiger partial charge in [-0.3, -0.25) is 4.79 Å². The Morgan fingerprint density at radius 3 is 2.50 bits per heavy atom. The third-order valence-electron chi connectivity index (χ3n) is 2.65. The van der Waals surface area contributed by atoms with E-state index in [1.54, 1.807) is 0 Å². The first-order chi connectivity index (χ1) is 5.64. The predicted octanol–water partition coefficient (Wildman–Crippen LogP) is 0.797. The highest BCUT2D eigenvalue weighted by atomic mass is 32.1. The summed E-state index contributed by atoms with van der Waals surface area (Å²) in [5.41, 5.74) is -0.248. The number of nitrogens with one attached hydrogen (secondary N) is 2. The van der Waals surface area contributed by atoms with Gasteiger partial charge in [-0.05, 0) is 25.1 Å². The first-order valence-electron chi connectivity index (χ1n) is 4.24. The number of thiocarbonyl (C=S) groups is 1. The molecule has 0 unspecified atom stereocenters. The van der Waals surface area contributed by atoms with Gasteiger partial charge in [0.1, 0.15) is 0 Å². The number of hydrogen-bond donors (Lipinski definition) is 2. The monoisotopic (exact) mass is 186 g/mol. The molecular weight excluding hydrogens is 172 g/mol. The van der Waals surface area contributed by atoms with Gasteiger partial charge in [0.15, 0.2) is 5.11 Å². The second-order valence-corrected chi connectivity index (χ2v) is 3.53. The SMILES string of the molecule is CCC1(CC)CNC(=S)NC1=O. The molecule has 0 radical (unpaired) electrons. The van der Waals surface area contributed by atoms with Crippen molar-refractivity contribution in [3.63, 3.8) is 0 Å². The lowest BCUT2D eigenvalue weighted by atomic mass is 9.80. The summed E-state index contributed by atoms with van der Waals surface area (Å²) in [6.07, 6.45) is 1.70. The highest BCUT2D eigenvalue weighted by Gasteiger charge is 2.38. The van der Waals surface area contributed by atoms with Crippen LogP contribution in [0, 0.1) is 5.41 Å². The van der Waals surface area contributed by atoms with E-state index in [0.717, 1.165) is 12.8 Å². The molecule has 1 amide bonds. The zero-order chi connectivity index (χ0) is 9.19. The van der Waals surface area contributed by atoms with Gasteiger partial charge in [-0.1, -0.05) is 13.8 Å². The first kappa shape index (κ1) is 9.45. The third-order valence-corrected chi connectivity index (χ3v) is 2.90.